The van der Waals surface area contributed by atoms with Crippen LogP contribution in [0.5, 0.6) is 0 Å². The van der Waals surface area contributed by atoms with Gasteiger partial charge >= 0.3 is 0 Å². The van der Waals surface area contributed by atoms with Crippen molar-refractivity contribution in [3.8, 4) is 0 Å². The van der Waals surface area contributed by atoms with Crippen molar-refractivity contribution < 1.29 is 4.79 Å². The fourth-order valence-corrected chi connectivity index (χ4v) is 3.02. The summed E-state index contributed by atoms with van der Waals surface area (Å²) < 4.78 is 0. The molecule has 1 N–H and O–H groups in total. The summed E-state index contributed by atoms with van der Waals surface area (Å²) in [5.74, 6) is 0.144. The molecular formula is C15H19N3O. The Labute approximate surface area is 112 Å². The largest absolute Gasteiger partial charge is 0.336 e. The highest BCUT2D eigenvalue weighted by molar-refractivity contribution is 5.97. The van der Waals surface area contributed by atoms with Gasteiger partial charge in [0.05, 0.1) is 11.7 Å². The van der Waals surface area contributed by atoms with Gasteiger partial charge in [-0.15, -0.1) is 0 Å². The zero-order valence-electron chi connectivity index (χ0n) is 11.2. The van der Waals surface area contributed by atoms with Crippen molar-refractivity contribution in [3.63, 3.8) is 0 Å². The summed E-state index contributed by atoms with van der Waals surface area (Å²) in [6, 6.07) is 6.18. The van der Waals surface area contributed by atoms with Crippen LogP contribution in [0.15, 0.2) is 24.4 Å². The molecule has 0 bridgehead atoms. The standard InChI is InChI=1S/C15H19N3O/c1-2-18(13-5-3-4-6-13)15(19)11-7-8-12-10-16-17-14(12)9-11/h7-10,13H,2-6H2,1H3,(H,16,17). The number of aromatic nitrogens is 2. The third-order valence-corrected chi connectivity index (χ3v) is 4.06. The minimum absolute atomic E-state index is 0.144. The Hall–Kier alpha value is -1.84. The number of benzene rings is 1. The van der Waals surface area contributed by atoms with Gasteiger partial charge in [0.2, 0.25) is 0 Å². The van der Waals surface area contributed by atoms with E-state index in [2.05, 4.69) is 17.1 Å². The molecule has 4 heteroatoms. The van der Waals surface area contributed by atoms with E-state index in [-0.39, 0.29) is 5.91 Å². The summed E-state index contributed by atoms with van der Waals surface area (Å²) in [5.41, 5.74) is 1.68. The number of aromatic amines is 1. The lowest BCUT2D eigenvalue weighted by Crippen LogP contribution is -2.38. The predicted molar refractivity (Wildman–Crippen MR) is 75.1 cm³/mol. The number of fused-ring (bicyclic) bond motifs is 1. The Morgan fingerprint density at radius 1 is 1.42 bits per heavy atom. The highest BCUT2D eigenvalue weighted by Gasteiger charge is 2.26. The number of H-pyrrole nitrogens is 1. The van der Waals surface area contributed by atoms with E-state index in [4.69, 9.17) is 0 Å². The molecule has 100 valence electrons. The summed E-state index contributed by atoms with van der Waals surface area (Å²) >= 11 is 0. The van der Waals surface area contributed by atoms with Crippen LogP contribution >= 0.6 is 0 Å². The lowest BCUT2D eigenvalue weighted by atomic mass is 10.1. The van der Waals surface area contributed by atoms with E-state index in [1.54, 1.807) is 6.20 Å². The maximum atomic E-state index is 12.6. The molecule has 1 aliphatic rings. The average Bonchev–Trinajstić information content (AvgIpc) is 3.09. The topological polar surface area (TPSA) is 49.0 Å². The van der Waals surface area contributed by atoms with E-state index in [1.165, 1.54) is 12.8 Å². The van der Waals surface area contributed by atoms with Crippen molar-refractivity contribution in [2.75, 3.05) is 6.54 Å². The second-order valence-corrected chi connectivity index (χ2v) is 5.20. The highest BCUT2D eigenvalue weighted by Crippen LogP contribution is 2.25. The Balaban J connectivity index is 1.88. The molecule has 4 nitrogen and oxygen atoms in total. The Morgan fingerprint density at radius 3 is 2.95 bits per heavy atom. The van der Waals surface area contributed by atoms with Gasteiger partial charge in [0.15, 0.2) is 0 Å². The minimum atomic E-state index is 0.144. The van der Waals surface area contributed by atoms with Crippen molar-refractivity contribution in [3.05, 3.63) is 30.0 Å². The van der Waals surface area contributed by atoms with E-state index < -0.39 is 0 Å². The number of amides is 1. The smallest absolute Gasteiger partial charge is 0.254 e. The first-order valence-corrected chi connectivity index (χ1v) is 7.03. The van der Waals surface area contributed by atoms with Crippen LogP contribution in [0.4, 0.5) is 0 Å². The molecule has 1 saturated carbocycles. The quantitative estimate of drug-likeness (QED) is 0.919. The number of hydrogen-bond donors (Lipinski definition) is 1. The zero-order valence-corrected chi connectivity index (χ0v) is 11.2. The molecule has 1 aromatic heterocycles. The Kier molecular flexibility index (Phi) is 3.23. The Bertz CT molecular complexity index is 584. The molecule has 19 heavy (non-hydrogen) atoms. The molecule has 0 aliphatic heterocycles. The molecule has 1 aromatic carbocycles. The molecule has 2 aromatic rings. The average molecular weight is 257 g/mol. The van der Waals surface area contributed by atoms with Crippen LogP contribution < -0.4 is 0 Å². The predicted octanol–water partition coefficient (Wildman–Crippen LogP) is 2.97. The van der Waals surface area contributed by atoms with Gasteiger partial charge < -0.3 is 4.90 Å². The lowest BCUT2D eigenvalue weighted by Gasteiger charge is -2.27. The maximum absolute atomic E-state index is 12.6. The SMILES string of the molecule is CCN(C(=O)c1ccc2cn[nH]c2c1)C1CCCC1. The number of carbonyl (C=O) groups is 1. The summed E-state index contributed by atoms with van der Waals surface area (Å²) in [5, 5.41) is 7.96. The molecule has 0 saturated heterocycles. The van der Waals surface area contributed by atoms with Gasteiger partial charge in [0.1, 0.15) is 0 Å². The molecule has 0 radical (unpaired) electrons. The van der Waals surface area contributed by atoms with E-state index in [0.717, 1.165) is 35.9 Å². The van der Waals surface area contributed by atoms with Gasteiger partial charge in [0.25, 0.3) is 5.91 Å². The fraction of sp³-hybridized carbons (Fsp3) is 0.467. The van der Waals surface area contributed by atoms with Crippen LogP contribution in [0.1, 0.15) is 43.0 Å². The van der Waals surface area contributed by atoms with E-state index in [9.17, 15) is 4.79 Å². The maximum Gasteiger partial charge on any atom is 0.254 e. The summed E-state index contributed by atoms with van der Waals surface area (Å²) in [4.78, 5) is 14.6. The first-order valence-electron chi connectivity index (χ1n) is 7.03. The van der Waals surface area contributed by atoms with Crippen LogP contribution in [-0.4, -0.2) is 33.6 Å². The molecule has 1 aliphatic carbocycles. The van der Waals surface area contributed by atoms with Crippen LogP contribution in [0.25, 0.3) is 10.9 Å². The Morgan fingerprint density at radius 2 is 2.21 bits per heavy atom. The summed E-state index contributed by atoms with van der Waals surface area (Å²) in [7, 11) is 0. The number of rotatable bonds is 3. The summed E-state index contributed by atoms with van der Waals surface area (Å²) in [6.07, 6.45) is 6.55. The second kappa shape index (κ2) is 5.03. The first kappa shape index (κ1) is 12.2. The second-order valence-electron chi connectivity index (χ2n) is 5.20. The van der Waals surface area contributed by atoms with Gasteiger partial charge in [-0.25, -0.2) is 0 Å². The van der Waals surface area contributed by atoms with E-state index in [0.29, 0.717) is 6.04 Å². The van der Waals surface area contributed by atoms with Gasteiger partial charge in [-0.1, -0.05) is 18.9 Å². The fourth-order valence-electron chi connectivity index (χ4n) is 3.02. The minimum Gasteiger partial charge on any atom is -0.336 e. The van der Waals surface area contributed by atoms with Crippen LogP contribution in [0, 0.1) is 0 Å². The first-order chi connectivity index (χ1) is 9.29. The molecule has 1 fully saturated rings. The zero-order chi connectivity index (χ0) is 13.2. The lowest BCUT2D eigenvalue weighted by molar-refractivity contribution is 0.0693. The van der Waals surface area contributed by atoms with E-state index >= 15 is 0 Å². The molecular weight excluding hydrogens is 238 g/mol. The molecule has 0 spiro atoms. The van der Waals surface area contributed by atoms with Crippen molar-refractivity contribution in [2.45, 2.75) is 38.6 Å². The van der Waals surface area contributed by atoms with Crippen LogP contribution in [0.3, 0.4) is 0 Å². The van der Waals surface area contributed by atoms with Crippen LogP contribution in [-0.2, 0) is 0 Å². The van der Waals surface area contributed by atoms with Crippen molar-refractivity contribution in [1.29, 1.82) is 0 Å². The van der Waals surface area contributed by atoms with Crippen molar-refractivity contribution in [1.82, 2.24) is 15.1 Å². The van der Waals surface area contributed by atoms with Crippen molar-refractivity contribution >= 4 is 16.8 Å². The van der Waals surface area contributed by atoms with Gasteiger partial charge in [-0.05, 0) is 31.9 Å². The normalized spacial score (nSPS) is 16.1. The highest BCUT2D eigenvalue weighted by atomic mass is 16.2. The van der Waals surface area contributed by atoms with Gasteiger partial charge in [-0.3, -0.25) is 9.89 Å². The van der Waals surface area contributed by atoms with Crippen molar-refractivity contribution in [2.24, 2.45) is 0 Å². The number of hydrogen-bond acceptors (Lipinski definition) is 2. The number of nitrogens with one attached hydrogen (secondary N) is 1. The third kappa shape index (κ3) is 2.23. The monoisotopic (exact) mass is 257 g/mol. The molecule has 0 unspecified atom stereocenters. The molecule has 1 amide bonds. The number of carbonyl (C=O) groups excluding carboxylic acids is 1. The van der Waals surface area contributed by atoms with E-state index in [1.807, 2.05) is 23.1 Å². The van der Waals surface area contributed by atoms with Gasteiger partial charge in [-0.2, -0.15) is 5.10 Å². The molecule has 1 heterocycles. The molecule has 3 rings (SSSR count). The van der Waals surface area contributed by atoms with Gasteiger partial charge in [0, 0.05) is 23.5 Å². The third-order valence-electron chi connectivity index (χ3n) is 4.06. The molecule has 0 atom stereocenters. The number of nitrogens with zero attached hydrogens (tertiary/aromatic N) is 2. The summed E-state index contributed by atoms with van der Waals surface area (Å²) in [6.45, 7) is 2.84. The van der Waals surface area contributed by atoms with Crippen LogP contribution in [0.2, 0.25) is 0 Å².